The Labute approximate surface area is 118 Å². The number of nitrogens with zero attached hydrogens (tertiary/aromatic N) is 1. The second-order valence-electron chi connectivity index (χ2n) is 4.48. The fourth-order valence-corrected chi connectivity index (χ4v) is 3.18. The summed E-state index contributed by atoms with van der Waals surface area (Å²) in [7, 11) is 1.69. The average molecular weight is 276 g/mol. The van der Waals surface area contributed by atoms with Gasteiger partial charge in [-0.25, -0.2) is 4.98 Å². The van der Waals surface area contributed by atoms with E-state index in [4.69, 9.17) is 4.74 Å². The Morgan fingerprint density at radius 3 is 2.89 bits per heavy atom. The molecule has 0 spiro atoms. The maximum atomic E-state index is 5.26. The zero-order valence-corrected chi connectivity index (χ0v) is 12.7. The third-order valence-electron chi connectivity index (χ3n) is 3.05. The Hall–Kier alpha value is -1.39. The number of rotatable bonds is 5. The number of hydrogen-bond acceptors (Lipinski definition) is 4. The van der Waals surface area contributed by atoms with Crippen LogP contribution in [0.2, 0.25) is 0 Å². The van der Waals surface area contributed by atoms with Crippen LogP contribution in [0.15, 0.2) is 24.3 Å². The zero-order valence-electron chi connectivity index (χ0n) is 11.9. The summed E-state index contributed by atoms with van der Waals surface area (Å²) in [6.07, 6.45) is 0. The lowest BCUT2D eigenvalue weighted by Gasteiger charge is -2.09. The number of aromatic nitrogens is 1. The molecule has 1 aromatic heterocycles. The Balaban J connectivity index is 2.33. The Kier molecular flexibility index (Phi) is 4.56. The van der Waals surface area contributed by atoms with Crippen molar-refractivity contribution in [2.24, 2.45) is 0 Å². The first-order valence-electron chi connectivity index (χ1n) is 6.50. The minimum atomic E-state index is 0.349. The Bertz CT molecular complexity index is 551. The first kappa shape index (κ1) is 14.0. The summed E-state index contributed by atoms with van der Waals surface area (Å²) in [5, 5.41) is 4.49. The molecule has 0 aliphatic carbocycles. The van der Waals surface area contributed by atoms with Gasteiger partial charge in [-0.2, -0.15) is 0 Å². The van der Waals surface area contributed by atoms with E-state index in [0.717, 1.165) is 28.6 Å². The van der Waals surface area contributed by atoms with Crippen molar-refractivity contribution in [1.29, 1.82) is 0 Å². The topological polar surface area (TPSA) is 34.1 Å². The van der Waals surface area contributed by atoms with Gasteiger partial charge in [-0.1, -0.05) is 19.1 Å². The predicted molar refractivity (Wildman–Crippen MR) is 80.9 cm³/mol. The SMILES string of the molecule is CCNC(C)c1sc(-c2cccc(OC)c2)nc1C. The van der Waals surface area contributed by atoms with Crippen molar-refractivity contribution < 1.29 is 4.74 Å². The number of benzene rings is 1. The van der Waals surface area contributed by atoms with Crippen molar-refractivity contribution in [2.45, 2.75) is 26.8 Å². The molecule has 0 radical (unpaired) electrons. The van der Waals surface area contributed by atoms with Crippen molar-refractivity contribution >= 4 is 11.3 Å². The van der Waals surface area contributed by atoms with Crippen LogP contribution in [0.4, 0.5) is 0 Å². The molecule has 1 atom stereocenters. The summed E-state index contributed by atoms with van der Waals surface area (Å²) >= 11 is 1.75. The molecule has 1 N–H and O–H groups in total. The van der Waals surface area contributed by atoms with Crippen LogP contribution in [0, 0.1) is 6.92 Å². The van der Waals surface area contributed by atoms with E-state index >= 15 is 0 Å². The van der Waals surface area contributed by atoms with E-state index < -0.39 is 0 Å². The van der Waals surface area contributed by atoms with Crippen LogP contribution in [0.25, 0.3) is 10.6 Å². The van der Waals surface area contributed by atoms with Crippen LogP contribution >= 0.6 is 11.3 Å². The van der Waals surface area contributed by atoms with Crippen molar-refractivity contribution in [2.75, 3.05) is 13.7 Å². The molecule has 3 nitrogen and oxygen atoms in total. The minimum Gasteiger partial charge on any atom is -0.497 e. The molecular formula is C15H20N2OS. The molecule has 4 heteroatoms. The third kappa shape index (κ3) is 3.14. The molecule has 0 bridgehead atoms. The maximum Gasteiger partial charge on any atom is 0.124 e. The highest BCUT2D eigenvalue weighted by molar-refractivity contribution is 7.15. The number of hydrogen-bond donors (Lipinski definition) is 1. The van der Waals surface area contributed by atoms with Gasteiger partial charge in [0, 0.05) is 16.5 Å². The summed E-state index contributed by atoms with van der Waals surface area (Å²) in [6, 6.07) is 8.40. The lowest BCUT2D eigenvalue weighted by molar-refractivity contribution is 0.415. The molecule has 0 aliphatic heterocycles. The molecule has 102 valence electrons. The number of ether oxygens (including phenoxy) is 1. The number of nitrogens with one attached hydrogen (secondary N) is 1. The molecule has 2 aromatic rings. The smallest absolute Gasteiger partial charge is 0.124 e. The van der Waals surface area contributed by atoms with E-state index in [1.165, 1.54) is 4.88 Å². The molecular weight excluding hydrogens is 256 g/mol. The van der Waals surface area contributed by atoms with Crippen molar-refractivity contribution in [3.63, 3.8) is 0 Å². The largest absolute Gasteiger partial charge is 0.497 e. The zero-order chi connectivity index (χ0) is 13.8. The monoisotopic (exact) mass is 276 g/mol. The van der Waals surface area contributed by atoms with Crippen molar-refractivity contribution in [1.82, 2.24) is 10.3 Å². The van der Waals surface area contributed by atoms with Gasteiger partial charge in [-0.3, -0.25) is 0 Å². The van der Waals surface area contributed by atoms with Crippen LogP contribution < -0.4 is 10.1 Å². The molecule has 2 rings (SSSR count). The van der Waals surface area contributed by atoms with E-state index in [9.17, 15) is 0 Å². The molecule has 0 aliphatic rings. The lowest BCUT2D eigenvalue weighted by atomic mass is 10.2. The maximum absolute atomic E-state index is 5.26. The summed E-state index contributed by atoms with van der Waals surface area (Å²) in [6.45, 7) is 7.34. The standard InChI is InChI=1S/C15H20N2OS/c1-5-16-10(2)14-11(3)17-15(19-14)12-7-6-8-13(9-12)18-4/h6-10,16H,5H2,1-4H3. The van der Waals surface area contributed by atoms with E-state index in [1.807, 2.05) is 18.2 Å². The van der Waals surface area contributed by atoms with Crippen LogP contribution in [0.1, 0.15) is 30.5 Å². The summed E-state index contributed by atoms with van der Waals surface area (Å²) in [5.41, 5.74) is 2.22. The molecule has 19 heavy (non-hydrogen) atoms. The Morgan fingerprint density at radius 1 is 1.42 bits per heavy atom. The Morgan fingerprint density at radius 2 is 2.21 bits per heavy atom. The minimum absolute atomic E-state index is 0.349. The van der Waals surface area contributed by atoms with Gasteiger partial charge in [0.05, 0.1) is 12.8 Å². The molecule has 1 heterocycles. The van der Waals surface area contributed by atoms with Crippen LogP contribution in [0.3, 0.4) is 0 Å². The van der Waals surface area contributed by atoms with E-state index in [1.54, 1.807) is 18.4 Å². The third-order valence-corrected chi connectivity index (χ3v) is 4.44. The van der Waals surface area contributed by atoms with E-state index in [2.05, 4.69) is 37.1 Å². The highest BCUT2D eigenvalue weighted by atomic mass is 32.1. The van der Waals surface area contributed by atoms with Gasteiger partial charge in [-0.05, 0) is 32.5 Å². The van der Waals surface area contributed by atoms with Crippen molar-refractivity contribution in [3.05, 3.63) is 34.8 Å². The van der Waals surface area contributed by atoms with Crippen LogP contribution in [0.5, 0.6) is 5.75 Å². The quantitative estimate of drug-likeness (QED) is 0.902. The lowest BCUT2D eigenvalue weighted by Crippen LogP contribution is -2.17. The molecule has 0 saturated heterocycles. The number of thiazole rings is 1. The van der Waals surface area contributed by atoms with E-state index in [0.29, 0.717) is 6.04 Å². The van der Waals surface area contributed by atoms with Gasteiger partial charge in [0.15, 0.2) is 0 Å². The van der Waals surface area contributed by atoms with Crippen LogP contribution in [-0.2, 0) is 0 Å². The molecule has 1 aromatic carbocycles. The van der Waals surface area contributed by atoms with Gasteiger partial charge < -0.3 is 10.1 Å². The molecule has 0 saturated carbocycles. The van der Waals surface area contributed by atoms with Gasteiger partial charge in [0.25, 0.3) is 0 Å². The van der Waals surface area contributed by atoms with E-state index in [-0.39, 0.29) is 0 Å². The van der Waals surface area contributed by atoms with Gasteiger partial charge in [0.1, 0.15) is 10.8 Å². The highest BCUT2D eigenvalue weighted by Gasteiger charge is 2.14. The molecule has 0 amide bonds. The predicted octanol–water partition coefficient (Wildman–Crippen LogP) is 3.80. The molecule has 0 fully saturated rings. The van der Waals surface area contributed by atoms with Crippen molar-refractivity contribution in [3.8, 4) is 16.3 Å². The summed E-state index contributed by atoms with van der Waals surface area (Å²) < 4.78 is 5.26. The van der Waals surface area contributed by atoms with Gasteiger partial charge in [-0.15, -0.1) is 11.3 Å². The van der Waals surface area contributed by atoms with Gasteiger partial charge in [0.2, 0.25) is 0 Å². The van der Waals surface area contributed by atoms with Gasteiger partial charge >= 0.3 is 0 Å². The normalized spacial score (nSPS) is 12.4. The summed E-state index contributed by atoms with van der Waals surface area (Å²) in [4.78, 5) is 5.99. The fraction of sp³-hybridized carbons (Fsp3) is 0.400. The first-order chi connectivity index (χ1) is 9.15. The second kappa shape index (κ2) is 6.17. The second-order valence-corrected chi connectivity index (χ2v) is 5.51. The number of aryl methyl sites for hydroxylation is 1. The first-order valence-corrected chi connectivity index (χ1v) is 7.32. The average Bonchev–Trinajstić information content (AvgIpc) is 2.81. The molecule has 1 unspecified atom stereocenters. The summed E-state index contributed by atoms with van der Waals surface area (Å²) in [5.74, 6) is 0.867. The fourth-order valence-electron chi connectivity index (χ4n) is 2.09. The van der Waals surface area contributed by atoms with Crippen LogP contribution in [-0.4, -0.2) is 18.6 Å². The number of methoxy groups -OCH3 is 1. The highest BCUT2D eigenvalue weighted by Crippen LogP contribution is 2.32.